The maximum absolute atomic E-state index is 12.9. The first-order chi connectivity index (χ1) is 9.15. The number of nitrogens with zero attached hydrogens (tertiary/aromatic N) is 1. The van der Waals surface area contributed by atoms with Gasteiger partial charge in [-0.15, -0.1) is 0 Å². The van der Waals surface area contributed by atoms with Crippen LogP contribution in [-0.4, -0.2) is 6.54 Å². The van der Waals surface area contributed by atoms with Crippen LogP contribution in [0.3, 0.4) is 0 Å². The van der Waals surface area contributed by atoms with E-state index in [0.717, 1.165) is 6.07 Å². The number of halogens is 4. The van der Waals surface area contributed by atoms with Crippen LogP contribution in [0, 0.1) is 16.7 Å². The maximum Gasteiger partial charge on any atom is 0.418 e. The van der Waals surface area contributed by atoms with Crippen molar-refractivity contribution < 1.29 is 13.2 Å². The molecule has 0 saturated heterocycles. The number of alkyl halides is 3. The molecule has 0 heterocycles. The molecule has 0 saturated carbocycles. The summed E-state index contributed by atoms with van der Waals surface area (Å²) in [5, 5.41) is 11.7. The summed E-state index contributed by atoms with van der Waals surface area (Å²) in [6.45, 7) is 4.03. The Labute approximate surface area is 125 Å². The zero-order chi connectivity index (χ0) is 15.4. The first-order valence-electron chi connectivity index (χ1n) is 6.17. The minimum Gasteiger partial charge on any atom is -0.385 e. The Morgan fingerprint density at radius 2 is 1.95 bits per heavy atom. The summed E-state index contributed by atoms with van der Waals surface area (Å²) in [5.41, 5.74) is -1.07. The van der Waals surface area contributed by atoms with Gasteiger partial charge in [0.25, 0.3) is 0 Å². The molecule has 0 spiro atoms. The molecule has 0 aliphatic heterocycles. The summed E-state index contributed by atoms with van der Waals surface area (Å²) in [6, 6.07) is 6.20. The molecule has 1 aromatic rings. The molecular weight excluding hydrogens is 333 g/mol. The van der Waals surface area contributed by atoms with Gasteiger partial charge in [-0.3, -0.25) is 0 Å². The van der Waals surface area contributed by atoms with Crippen LogP contribution in [0.1, 0.15) is 32.3 Å². The third kappa shape index (κ3) is 5.04. The molecule has 1 aromatic carbocycles. The molecule has 0 aliphatic carbocycles. The smallest absolute Gasteiger partial charge is 0.385 e. The molecule has 0 aliphatic rings. The second-order valence-corrected chi connectivity index (χ2v) is 6.13. The highest BCUT2D eigenvalue weighted by Gasteiger charge is 2.33. The van der Waals surface area contributed by atoms with Gasteiger partial charge >= 0.3 is 6.18 Å². The van der Waals surface area contributed by atoms with E-state index in [-0.39, 0.29) is 5.69 Å². The minimum atomic E-state index is -4.39. The molecule has 6 heteroatoms. The van der Waals surface area contributed by atoms with E-state index in [1.54, 1.807) is 6.07 Å². The molecular formula is C14H16BrF3N2. The summed E-state index contributed by atoms with van der Waals surface area (Å²) in [5.74, 6) is 0. The van der Waals surface area contributed by atoms with E-state index in [0.29, 0.717) is 23.9 Å². The lowest BCUT2D eigenvalue weighted by molar-refractivity contribution is -0.137. The highest BCUT2D eigenvalue weighted by atomic mass is 79.9. The Bertz CT molecular complexity index is 504. The van der Waals surface area contributed by atoms with Crippen molar-refractivity contribution in [3.63, 3.8) is 0 Å². The lowest BCUT2D eigenvalue weighted by Crippen LogP contribution is -2.14. The van der Waals surface area contributed by atoms with E-state index in [1.807, 2.05) is 13.8 Å². The van der Waals surface area contributed by atoms with Crippen molar-refractivity contribution in [2.24, 2.45) is 5.41 Å². The van der Waals surface area contributed by atoms with E-state index in [1.165, 1.54) is 6.07 Å². The number of hydrogen-bond donors (Lipinski definition) is 1. The van der Waals surface area contributed by atoms with E-state index in [9.17, 15) is 13.2 Å². The van der Waals surface area contributed by atoms with E-state index < -0.39 is 17.2 Å². The van der Waals surface area contributed by atoms with Gasteiger partial charge in [0, 0.05) is 16.7 Å². The van der Waals surface area contributed by atoms with Crippen LogP contribution in [0.25, 0.3) is 0 Å². The molecule has 20 heavy (non-hydrogen) atoms. The van der Waals surface area contributed by atoms with Crippen LogP contribution >= 0.6 is 15.9 Å². The molecule has 2 nitrogen and oxygen atoms in total. The maximum atomic E-state index is 12.9. The first-order valence-corrected chi connectivity index (χ1v) is 6.97. The fourth-order valence-electron chi connectivity index (χ4n) is 1.71. The third-order valence-electron chi connectivity index (χ3n) is 2.88. The molecule has 0 unspecified atom stereocenters. The standard InChI is InChI=1S/C14H16BrF3N2/c1-13(2,9-19)6-3-7-20-12-5-4-10(15)8-11(12)14(16,17)18/h4-5,8,20H,3,6-7H2,1-2H3. The van der Waals surface area contributed by atoms with Crippen molar-refractivity contribution in [1.82, 2.24) is 0 Å². The van der Waals surface area contributed by atoms with Crippen LogP contribution in [0.2, 0.25) is 0 Å². The largest absolute Gasteiger partial charge is 0.418 e. The van der Waals surface area contributed by atoms with Gasteiger partial charge in [-0.2, -0.15) is 18.4 Å². The number of anilines is 1. The van der Waals surface area contributed by atoms with Crippen LogP contribution in [0.15, 0.2) is 22.7 Å². The Morgan fingerprint density at radius 1 is 1.30 bits per heavy atom. The third-order valence-corrected chi connectivity index (χ3v) is 3.38. The van der Waals surface area contributed by atoms with Gasteiger partial charge in [-0.05, 0) is 44.9 Å². The van der Waals surface area contributed by atoms with Crippen molar-refractivity contribution >= 4 is 21.6 Å². The summed E-state index contributed by atoms with van der Waals surface area (Å²) >= 11 is 3.04. The lowest BCUT2D eigenvalue weighted by Gasteiger charge is -2.17. The van der Waals surface area contributed by atoms with E-state index >= 15 is 0 Å². The Kier molecular flexibility index (Phi) is 5.46. The van der Waals surface area contributed by atoms with Crippen LogP contribution < -0.4 is 5.32 Å². The summed E-state index contributed by atoms with van der Waals surface area (Å²) in [7, 11) is 0. The van der Waals surface area contributed by atoms with Crippen molar-refractivity contribution in [1.29, 1.82) is 5.26 Å². The van der Waals surface area contributed by atoms with Gasteiger partial charge in [0.05, 0.1) is 17.0 Å². The summed E-state index contributed by atoms with van der Waals surface area (Å²) in [4.78, 5) is 0. The van der Waals surface area contributed by atoms with Crippen LogP contribution in [-0.2, 0) is 6.18 Å². The van der Waals surface area contributed by atoms with Crippen molar-refractivity contribution in [3.05, 3.63) is 28.2 Å². The molecule has 0 atom stereocenters. The van der Waals surface area contributed by atoms with E-state index in [4.69, 9.17) is 5.26 Å². The molecule has 0 bridgehead atoms. The SMILES string of the molecule is CC(C)(C#N)CCCNc1ccc(Br)cc1C(F)(F)F. The fourth-order valence-corrected chi connectivity index (χ4v) is 2.08. The Balaban J connectivity index is 2.68. The number of nitrogens with one attached hydrogen (secondary N) is 1. The second-order valence-electron chi connectivity index (χ2n) is 5.21. The Morgan fingerprint density at radius 3 is 2.50 bits per heavy atom. The highest BCUT2D eigenvalue weighted by molar-refractivity contribution is 9.10. The molecule has 0 amide bonds. The highest BCUT2D eigenvalue weighted by Crippen LogP contribution is 2.36. The van der Waals surface area contributed by atoms with Crippen molar-refractivity contribution in [2.45, 2.75) is 32.9 Å². The minimum absolute atomic E-state index is 0.0652. The predicted molar refractivity (Wildman–Crippen MR) is 76.3 cm³/mol. The first kappa shape index (κ1) is 16.8. The van der Waals surface area contributed by atoms with Gasteiger partial charge in [-0.25, -0.2) is 0 Å². The zero-order valence-corrected chi connectivity index (χ0v) is 12.9. The number of benzene rings is 1. The number of rotatable bonds is 5. The molecule has 110 valence electrons. The molecule has 1 rings (SSSR count). The molecule has 0 radical (unpaired) electrons. The molecule has 0 fully saturated rings. The van der Waals surface area contributed by atoms with Crippen molar-refractivity contribution in [3.8, 4) is 6.07 Å². The van der Waals surface area contributed by atoms with Gasteiger partial charge in [0.15, 0.2) is 0 Å². The van der Waals surface area contributed by atoms with Gasteiger partial charge in [-0.1, -0.05) is 15.9 Å². The summed E-state index contributed by atoms with van der Waals surface area (Å²) in [6.07, 6.45) is -3.12. The van der Waals surface area contributed by atoms with Crippen molar-refractivity contribution in [2.75, 3.05) is 11.9 Å². The average molecular weight is 349 g/mol. The summed E-state index contributed by atoms with van der Waals surface area (Å²) < 4.78 is 39.0. The second kappa shape index (κ2) is 6.49. The number of nitriles is 1. The molecule has 1 N–H and O–H groups in total. The van der Waals surface area contributed by atoms with Gasteiger partial charge < -0.3 is 5.32 Å². The van der Waals surface area contributed by atoms with Gasteiger partial charge in [0.2, 0.25) is 0 Å². The normalized spacial score (nSPS) is 12.1. The van der Waals surface area contributed by atoms with Gasteiger partial charge in [0.1, 0.15) is 0 Å². The topological polar surface area (TPSA) is 35.8 Å². The number of hydrogen-bond acceptors (Lipinski definition) is 2. The zero-order valence-electron chi connectivity index (χ0n) is 11.3. The quantitative estimate of drug-likeness (QED) is 0.741. The predicted octanol–water partition coefficient (Wildman–Crippen LogP) is 5.21. The Hall–Kier alpha value is -1.22. The fraction of sp³-hybridized carbons (Fsp3) is 0.500. The van der Waals surface area contributed by atoms with E-state index in [2.05, 4.69) is 27.3 Å². The lowest BCUT2D eigenvalue weighted by atomic mass is 9.90. The van der Waals surface area contributed by atoms with Crippen LogP contribution in [0.5, 0.6) is 0 Å². The average Bonchev–Trinajstić information content (AvgIpc) is 2.35. The van der Waals surface area contributed by atoms with Crippen LogP contribution in [0.4, 0.5) is 18.9 Å². The monoisotopic (exact) mass is 348 g/mol. The molecule has 0 aromatic heterocycles.